The van der Waals surface area contributed by atoms with E-state index in [0.717, 1.165) is 45.1 Å². The summed E-state index contributed by atoms with van der Waals surface area (Å²) in [6, 6.07) is 0. The van der Waals surface area contributed by atoms with E-state index in [4.69, 9.17) is 23.7 Å². The molecule has 11 atom stereocenters. The van der Waals surface area contributed by atoms with Crippen LogP contribution in [0.15, 0.2) is 0 Å². The Morgan fingerprint density at radius 2 is 0.942 bits per heavy atom. The zero-order valence-corrected chi connectivity index (χ0v) is 32.9. The predicted molar refractivity (Wildman–Crippen MR) is 198 cm³/mol. The number of aliphatic hydroxyl groups is 7. The Morgan fingerprint density at radius 3 is 1.44 bits per heavy atom. The highest BCUT2D eigenvalue weighted by Gasteiger charge is 2.47. The van der Waals surface area contributed by atoms with Crippen molar-refractivity contribution in [1.29, 1.82) is 0 Å². The van der Waals surface area contributed by atoms with Gasteiger partial charge in [0.15, 0.2) is 12.6 Å². The Hall–Kier alpha value is -0.520. The van der Waals surface area contributed by atoms with Crippen LogP contribution >= 0.6 is 0 Å². The summed E-state index contributed by atoms with van der Waals surface area (Å²) in [6.07, 6.45) is 7.06. The number of rotatable bonds is 30. The van der Waals surface area contributed by atoms with Crippen LogP contribution in [0.3, 0.4) is 0 Å². The normalized spacial score (nSPS) is 30.5. The molecule has 7 N–H and O–H groups in total. The number of likely N-dealkylation sites (N-methyl/N-ethyl adjacent to an activating group) is 1. The van der Waals surface area contributed by atoms with Crippen molar-refractivity contribution in [2.75, 3.05) is 53.6 Å². The standard InChI is InChI=1S/C39H78NO12/c1-5-7-9-11-13-14-15-16-17-18-19-21-23-40(3,4)25-29(41)26-48-27-30-32(42)34(44)37(47)39(51-30)50-28-31-33(43)35(45)36(46)38(52-31)49-24-22-20-12-10-8-6-2/h29-39,41-47H,5-28H2,1-4H3/q+1/t29?,30-,31-,32-,33-,34+,35+,36-,37-,38-,39+/m1/s1. The highest BCUT2D eigenvalue weighted by molar-refractivity contribution is 4.91. The second kappa shape index (κ2) is 27.1. The van der Waals surface area contributed by atoms with Crippen LogP contribution in [0.2, 0.25) is 0 Å². The second-order valence-corrected chi connectivity index (χ2v) is 15.9. The maximum atomic E-state index is 10.7. The molecule has 13 nitrogen and oxygen atoms in total. The van der Waals surface area contributed by atoms with Gasteiger partial charge in [0.2, 0.25) is 0 Å². The molecule has 0 aromatic rings. The topological polar surface area (TPSA) is 188 Å². The first-order chi connectivity index (χ1) is 24.9. The molecule has 2 heterocycles. The predicted octanol–water partition coefficient (Wildman–Crippen LogP) is 3.15. The van der Waals surface area contributed by atoms with E-state index in [-0.39, 0.29) is 19.8 Å². The number of hydrogen-bond donors (Lipinski definition) is 7. The SMILES string of the molecule is CCCCCCCCCCCCCC[N+](C)(C)CC(O)COC[C@H]1O[C@H](OC[C@H]2O[C@@H](OCCCCCCCC)[C@H](O)[C@@H](O)[C@@H]2O)[C@H](O)[C@@H](O)[C@@H]1O. The Labute approximate surface area is 314 Å². The summed E-state index contributed by atoms with van der Waals surface area (Å²) in [7, 11) is 4.18. The summed E-state index contributed by atoms with van der Waals surface area (Å²) >= 11 is 0. The van der Waals surface area contributed by atoms with E-state index in [9.17, 15) is 35.7 Å². The van der Waals surface area contributed by atoms with Gasteiger partial charge in [-0.2, -0.15) is 0 Å². The first-order valence-electron chi connectivity index (χ1n) is 20.6. The molecule has 0 aromatic carbocycles. The molecule has 0 bridgehead atoms. The van der Waals surface area contributed by atoms with Gasteiger partial charge >= 0.3 is 0 Å². The molecular formula is C39H78NO12+. The molecule has 0 radical (unpaired) electrons. The lowest BCUT2D eigenvalue weighted by Crippen LogP contribution is -2.61. The summed E-state index contributed by atoms with van der Waals surface area (Å²) in [5.74, 6) is 0. The first kappa shape index (κ1) is 47.6. The van der Waals surface area contributed by atoms with Crippen molar-refractivity contribution in [1.82, 2.24) is 0 Å². The summed E-state index contributed by atoms with van der Waals surface area (Å²) < 4.78 is 29.1. The summed E-state index contributed by atoms with van der Waals surface area (Å²) in [4.78, 5) is 0. The maximum Gasteiger partial charge on any atom is 0.186 e. The molecule has 0 saturated carbocycles. The van der Waals surface area contributed by atoms with Crippen molar-refractivity contribution in [3.8, 4) is 0 Å². The van der Waals surface area contributed by atoms with Crippen LogP contribution in [-0.4, -0.2) is 161 Å². The fourth-order valence-electron chi connectivity index (χ4n) is 7.07. The van der Waals surface area contributed by atoms with Gasteiger partial charge in [0.1, 0.15) is 61.5 Å². The minimum Gasteiger partial charge on any atom is -0.387 e. The molecule has 0 aromatic heterocycles. The molecule has 13 heteroatoms. The third-order valence-corrected chi connectivity index (χ3v) is 10.5. The molecule has 0 aliphatic carbocycles. The van der Waals surface area contributed by atoms with Crippen molar-refractivity contribution < 1.29 is 63.9 Å². The van der Waals surface area contributed by atoms with Crippen LogP contribution in [0.25, 0.3) is 0 Å². The lowest BCUT2D eigenvalue weighted by molar-refractivity contribution is -0.893. The molecule has 310 valence electrons. The molecular weight excluding hydrogens is 674 g/mol. The van der Waals surface area contributed by atoms with E-state index < -0.39 is 67.5 Å². The summed E-state index contributed by atoms with van der Waals surface area (Å²) in [5, 5.41) is 73.7. The first-order valence-corrected chi connectivity index (χ1v) is 20.6. The Kier molecular flexibility index (Phi) is 24.9. The van der Waals surface area contributed by atoms with Crippen molar-refractivity contribution in [2.24, 2.45) is 0 Å². The maximum absolute atomic E-state index is 10.7. The van der Waals surface area contributed by atoms with Gasteiger partial charge in [0, 0.05) is 6.61 Å². The van der Waals surface area contributed by atoms with Crippen LogP contribution in [-0.2, 0) is 23.7 Å². The zero-order chi connectivity index (χ0) is 38.4. The van der Waals surface area contributed by atoms with Crippen molar-refractivity contribution in [3.05, 3.63) is 0 Å². The zero-order valence-electron chi connectivity index (χ0n) is 32.9. The Bertz CT molecular complexity index is 871. The van der Waals surface area contributed by atoms with Gasteiger partial charge in [-0.25, -0.2) is 0 Å². The van der Waals surface area contributed by atoms with Crippen LogP contribution < -0.4 is 0 Å². The van der Waals surface area contributed by atoms with Crippen LogP contribution in [0.5, 0.6) is 0 Å². The minimum absolute atomic E-state index is 0.000668. The van der Waals surface area contributed by atoms with Crippen molar-refractivity contribution in [2.45, 2.75) is 197 Å². The third kappa shape index (κ3) is 18.4. The van der Waals surface area contributed by atoms with E-state index in [1.165, 1.54) is 77.0 Å². The molecule has 0 spiro atoms. The average molecular weight is 753 g/mol. The summed E-state index contributed by atoms with van der Waals surface area (Å²) in [6.45, 7) is 5.61. The van der Waals surface area contributed by atoms with Gasteiger partial charge in [0.25, 0.3) is 0 Å². The molecule has 2 rings (SSSR count). The fourth-order valence-corrected chi connectivity index (χ4v) is 7.07. The monoisotopic (exact) mass is 753 g/mol. The van der Waals surface area contributed by atoms with Crippen LogP contribution in [0.4, 0.5) is 0 Å². The third-order valence-electron chi connectivity index (χ3n) is 10.5. The molecule has 52 heavy (non-hydrogen) atoms. The van der Waals surface area contributed by atoms with E-state index in [2.05, 4.69) is 27.9 Å². The quantitative estimate of drug-likeness (QED) is 0.0421. The summed E-state index contributed by atoms with van der Waals surface area (Å²) in [5.41, 5.74) is 0. The minimum atomic E-state index is -1.62. The van der Waals surface area contributed by atoms with Crippen LogP contribution in [0, 0.1) is 0 Å². The van der Waals surface area contributed by atoms with E-state index in [0.29, 0.717) is 17.6 Å². The van der Waals surface area contributed by atoms with Crippen LogP contribution in [0.1, 0.15) is 129 Å². The van der Waals surface area contributed by atoms with E-state index >= 15 is 0 Å². The smallest absolute Gasteiger partial charge is 0.186 e. The van der Waals surface area contributed by atoms with Crippen molar-refractivity contribution in [3.63, 3.8) is 0 Å². The molecule has 1 unspecified atom stereocenters. The van der Waals surface area contributed by atoms with E-state index in [1.54, 1.807) is 0 Å². The number of ether oxygens (including phenoxy) is 5. The second-order valence-electron chi connectivity index (χ2n) is 15.9. The van der Waals surface area contributed by atoms with Gasteiger partial charge in [-0.1, -0.05) is 110 Å². The number of nitrogens with zero attached hydrogens (tertiary/aromatic N) is 1. The number of quaternary nitrogens is 1. The highest BCUT2D eigenvalue weighted by Crippen LogP contribution is 2.26. The Morgan fingerprint density at radius 1 is 0.519 bits per heavy atom. The fraction of sp³-hybridized carbons (Fsp3) is 1.00. The van der Waals surface area contributed by atoms with Gasteiger partial charge < -0.3 is 63.9 Å². The Balaban J connectivity index is 1.69. The van der Waals surface area contributed by atoms with Gasteiger partial charge in [-0.15, -0.1) is 0 Å². The highest BCUT2D eigenvalue weighted by atomic mass is 16.7. The number of hydrogen-bond acceptors (Lipinski definition) is 12. The van der Waals surface area contributed by atoms with Crippen molar-refractivity contribution >= 4 is 0 Å². The van der Waals surface area contributed by atoms with Gasteiger partial charge in [0.05, 0.1) is 40.5 Å². The lowest BCUT2D eigenvalue weighted by atomic mass is 9.98. The molecule has 2 aliphatic rings. The van der Waals surface area contributed by atoms with Gasteiger partial charge in [-0.3, -0.25) is 0 Å². The lowest BCUT2D eigenvalue weighted by Gasteiger charge is -2.43. The number of unbranched alkanes of at least 4 members (excludes halogenated alkanes) is 16. The van der Waals surface area contributed by atoms with E-state index in [1.807, 2.05) is 0 Å². The molecule has 0 amide bonds. The molecule has 2 aliphatic heterocycles. The molecule has 2 saturated heterocycles. The molecule has 2 fully saturated rings. The largest absolute Gasteiger partial charge is 0.387 e. The average Bonchev–Trinajstić information content (AvgIpc) is 3.11. The van der Waals surface area contributed by atoms with Gasteiger partial charge in [-0.05, 0) is 19.3 Å². The number of aliphatic hydroxyl groups excluding tert-OH is 7.